The molecule has 0 saturated carbocycles. The van der Waals surface area contributed by atoms with Crippen molar-refractivity contribution in [1.82, 2.24) is 15.3 Å². The van der Waals surface area contributed by atoms with Crippen LogP contribution in [0.15, 0.2) is 48.5 Å². The van der Waals surface area contributed by atoms with Crippen LogP contribution >= 0.6 is 11.3 Å². The Morgan fingerprint density at radius 3 is 2.49 bits per heavy atom. The zero-order valence-electron chi connectivity index (χ0n) is 21.6. The summed E-state index contributed by atoms with van der Waals surface area (Å²) >= 11 is 1.25. The topological polar surface area (TPSA) is 139 Å². The van der Waals surface area contributed by atoms with Crippen LogP contribution in [-0.4, -0.2) is 53.3 Å². The summed E-state index contributed by atoms with van der Waals surface area (Å²) in [4.78, 5) is 33.6. The number of anilines is 1. The molecule has 0 fully saturated rings. The molecule has 1 aliphatic heterocycles. The number of nitrogens with zero attached hydrogens (tertiary/aromatic N) is 2. The molecule has 2 atom stereocenters. The number of aliphatic hydroxyl groups is 1. The van der Waals surface area contributed by atoms with Crippen molar-refractivity contribution >= 4 is 38.5 Å². The van der Waals surface area contributed by atoms with Gasteiger partial charge >= 0.3 is 6.18 Å². The lowest BCUT2D eigenvalue weighted by Gasteiger charge is -2.31. The van der Waals surface area contributed by atoms with Crippen molar-refractivity contribution in [3.63, 3.8) is 0 Å². The molecule has 5 rings (SSSR count). The SMILES string of the molecule is CNc1nc2ccc(C(=O)NCC(O)(c3cc4c(c(-c5ccc(F)cc5)n3)OC[C@]4(C)C(N)=O)C(F)(F)F)cc2s1. The quantitative estimate of drug-likeness (QED) is 0.240. The number of benzene rings is 2. The van der Waals surface area contributed by atoms with Crippen LogP contribution in [0.25, 0.3) is 21.5 Å². The first-order chi connectivity index (χ1) is 19.3. The van der Waals surface area contributed by atoms with Crippen LogP contribution < -0.4 is 21.1 Å². The first kappa shape index (κ1) is 28.2. The van der Waals surface area contributed by atoms with E-state index in [1.165, 1.54) is 42.5 Å². The van der Waals surface area contributed by atoms with Gasteiger partial charge < -0.3 is 26.2 Å². The van der Waals surface area contributed by atoms with Crippen molar-refractivity contribution in [3.8, 4) is 17.0 Å². The zero-order valence-corrected chi connectivity index (χ0v) is 22.4. The molecule has 0 radical (unpaired) electrons. The molecule has 4 aromatic rings. The second-order valence-electron chi connectivity index (χ2n) is 9.72. The number of primary amides is 1. The molecule has 0 aliphatic carbocycles. The van der Waals surface area contributed by atoms with Crippen LogP contribution in [0.5, 0.6) is 5.75 Å². The van der Waals surface area contributed by atoms with Gasteiger partial charge in [0.15, 0.2) is 5.13 Å². The van der Waals surface area contributed by atoms with E-state index >= 15 is 0 Å². The van der Waals surface area contributed by atoms with E-state index in [-0.39, 0.29) is 34.7 Å². The van der Waals surface area contributed by atoms with Crippen LogP contribution in [0, 0.1) is 5.82 Å². The Kier molecular flexibility index (Phi) is 6.86. The molecular weight excluding hydrogens is 566 g/mol. The molecular formula is C27H23F4N5O4S. The number of rotatable bonds is 7. The van der Waals surface area contributed by atoms with Crippen LogP contribution in [0.4, 0.5) is 22.7 Å². The van der Waals surface area contributed by atoms with E-state index in [1.807, 2.05) is 0 Å². The van der Waals surface area contributed by atoms with Crippen molar-refractivity contribution < 1.29 is 37.0 Å². The Balaban J connectivity index is 1.57. The zero-order chi connectivity index (χ0) is 29.7. The van der Waals surface area contributed by atoms with E-state index in [1.54, 1.807) is 13.1 Å². The van der Waals surface area contributed by atoms with Crippen molar-refractivity contribution in [2.24, 2.45) is 5.73 Å². The number of carbonyl (C=O) groups is 2. The predicted molar refractivity (Wildman–Crippen MR) is 143 cm³/mol. The van der Waals surface area contributed by atoms with Gasteiger partial charge in [-0.3, -0.25) is 9.59 Å². The molecule has 0 saturated heterocycles. The predicted octanol–water partition coefficient (Wildman–Crippen LogP) is 3.85. The highest BCUT2D eigenvalue weighted by molar-refractivity contribution is 7.22. The second kappa shape index (κ2) is 9.96. The summed E-state index contributed by atoms with van der Waals surface area (Å²) in [7, 11) is 1.68. The monoisotopic (exact) mass is 589 g/mol. The Labute approximate surface area is 234 Å². The van der Waals surface area contributed by atoms with E-state index in [0.29, 0.717) is 15.3 Å². The number of pyridine rings is 1. The number of hydrogen-bond donors (Lipinski definition) is 4. The van der Waals surface area contributed by atoms with E-state index < -0.39 is 47.1 Å². The molecule has 41 heavy (non-hydrogen) atoms. The lowest BCUT2D eigenvalue weighted by Crippen LogP contribution is -2.51. The molecule has 5 N–H and O–H groups in total. The summed E-state index contributed by atoms with van der Waals surface area (Å²) in [6, 6.07) is 10.0. The highest BCUT2D eigenvalue weighted by Gasteiger charge is 2.57. The molecule has 1 aliphatic rings. The number of aromatic nitrogens is 2. The highest BCUT2D eigenvalue weighted by Crippen LogP contribution is 2.47. The fraction of sp³-hybridized carbons (Fsp3) is 0.259. The summed E-state index contributed by atoms with van der Waals surface area (Å²) in [6.07, 6.45) is -5.33. The van der Waals surface area contributed by atoms with E-state index in [9.17, 15) is 32.3 Å². The number of fused-ring (bicyclic) bond motifs is 2. The van der Waals surface area contributed by atoms with E-state index in [0.717, 1.165) is 18.2 Å². The first-order valence-corrected chi connectivity index (χ1v) is 13.0. The normalized spacial score (nSPS) is 17.9. The van der Waals surface area contributed by atoms with Gasteiger partial charge in [-0.15, -0.1) is 0 Å². The van der Waals surface area contributed by atoms with Gasteiger partial charge in [-0.2, -0.15) is 13.2 Å². The fourth-order valence-corrected chi connectivity index (χ4v) is 5.28. The largest absolute Gasteiger partial charge is 0.489 e. The Morgan fingerprint density at radius 1 is 1.15 bits per heavy atom. The third-order valence-electron chi connectivity index (χ3n) is 7.00. The first-order valence-electron chi connectivity index (χ1n) is 12.2. The van der Waals surface area contributed by atoms with Crippen LogP contribution in [-0.2, 0) is 15.8 Å². The Bertz CT molecular complexity index is 1680. The molecule has 3 heterocycles. The smallest absolute Gasteiger partial charge is 0.424 e. The fourth-order valence-electron chi connectivity index (χ4n) is 4.42. The van der Waals surface area contributed by atoms with Crippen molar-refractivity contribution in [1.29, 1.82) is 0 Å². The highest BCUT2D eigenvalue weighted by atomic mass is 32.1. The number of nitrogens with two attached hydrogens (primary N) is 1. The lowest BCUT2D eigenvalue weighted by molar-refractivity contribution is -0.265. The van der Waals surface area contributed by atoms with E-state index in [4.69, 9.17) is 10.5 Å². The summed E-state index contributed by atoms with van der Waals surface area (Å²) in [5, 5.41) is 16.8. The minimum Gasteiger partial charge on any atom is -0.489 e. The molecule has 0 spiro atoms. The van der Waals surface area contributed by atoms with Gasteiger partial charge in [0.25, 0.3) is 5.91 Å². The molecule has 14 heteroatoms. The maximum Gasteiger partial charge on any atom is 0.424 e. The van der Waals surface area contributed by atoms with Gasteiger partial charge in [0.1, 0.15) is 29.3 Å². The maximum atomic E-state index is 14.6. The Hall–Kier alpha value is -4.30. The number of alkyl halides is 3. The summed E-state index contributed by atoms with van der Waals surface area (Å²) in [5.74, 6) is -2.37. The van der Waals surface area contributed by atoms with Gasteiger partial charge in [0.05, 0.1) is 22.5 Å². The number of amides is 2. The lowest BCUT2D eigenvalue weighted by atomic mass is 9.81. The average molecular weight is 590 g/mol. The number of nitrogens with one attached hydrogen (secondary N) is 2. The summed E-state index contributed by atoms with van der Waals surface area (Å²) in [5.41, 5.74) is 0.0613. The number of thiazole rings is 1. The number of ether oxygens (including phenoxy) is 1. The minimum absolute atomic E-state index is 0.0194. The molecule has 2 aromatic carbocycles. The van der Waals surface area contributed by atoms with Crippen molar-refractivity contribution in [2.45, 2.75) is 24.1 Å². The number of halogens is 4. The molecule has 2 amide bonds. The molecule has 1 unspecified atom stereocenters. The van der Waals surface area contributed by atoms with Crippen LogP contribution in [0.3, 0.4) is 0 Å². The third-order valence-corrected chi connectivity index (χ3v) is 8.03. The summed E-state index contributed by atoms with van der Waals surface area (Å²) in [6.45, 7) is -0.197. The summed E-state index contributed by atoms with van der Waals surface area (Å²) < 4.78 is 63.5. The van der Waals surface area contributed by atoms with Crippen LogP contribution in [0.2, 0.25) is 0 Å². The third kappa shape index (κ3) is 4.82. The number of hydrogen-bond acceptors (Lipinski definition) is 8. The van der Waals surface area contributed by atoms with Gasteiger partial charge in [-0.25, -0.2) is 14.4 Å². The van der Waals surface area contributed by atoms with Crippen LogP contribution in [0.1, 0.15) is 28.5 Å². The van der Waals surface area contributed by atoms with Gasteiger partial charge in [0.2, 0.25) is 11.5 Å². The van der Waals surface area contributed by atoms with Gasteiger partial charge in [-0.05, 0) is 55.5 Å². The van der Waals surface area contributed by atoms with Crippen molar-refractivity contribution in [3.05, 3.63) is 71.2 Å². The van der Waals surface area contributed by atoms with Gasteiger partial charge in [-0.1, -0.05) is 11.3 Å². The molecule has 214 valence electrons. The molecule has 0 bridgehead atoms. The second-order valence-corrected chi connectivity index (χ2v) is 10.7. The minimum atomic E-state index is -5.33. The molecule has 9 nitrogen and oxygen atoms in total. The van der Waals surface area contributed by atoms with Crippen molar-refractivity contribution in [2.75, 3.05) is 25.5 Å². The van der Waals surface area contributed by atoms with Gasteiger partial charge in [0, 0.05) is 23.7 Å². The number of carbonyl (C=O) groups excluding carboxylic acids is 2. The average Bonchev–Trinajstić information content (AvgIpc) is 3.52. The molecule has 2 aromatic heterocycles. The standard InChI is InChI=1S/C27H23F4N5O4S/c1-25(23(32)38)12-40-21-16(25)10-19(36-20(21)13-3-6-15(28)7-4-13)26(39,27(29,30)31)11-34-22(37)14-5-8-17-18(9-14)41-24(33-2)35-17/h3-10,39H,11-12H2,1-2H3,(H2,32,38)(H,33,35)(H,34,37)/t25-,26?/m0/s1. The maximum absolute atomic E-state index is 14.6. The van der Waals surface area contributed by atoms with E-state index in [2.05, 4.69) is 20.6 Å². The Morgan fingerprint density at radius 2 is 1.85 bits per heavy atom.